The van der Waals surface area contributed by atoms with Gasteiger partial charge in [-0.15, -0.1) is 0 Å². The predicted octanol–water partition coefficient (Wildman–Crippen LogP) is 11.1. The van der Waals surface area contributed by atoms with Crippen molar-refractivity contribution >= 4 is 59.5 Å². The van der Waals surface area contributed by atoms with Crippen molar-refractivity contribution in [2.75, 3.05) is 4.90 Å². The summed E-state index contributed by atoms with van der Waals surface area (Å²) >= 11 is 0. The van der Waals surface area contributed by atoms with Gasteiger partial charge in [-0.3, -0.25) is 0 Å². The molecule has 49 heavy (non-hydrogen) atoms. The molecule has 0 fully saturated rings. The molecule has 0 aliphatic carbocycles. The van der Waals surface area contributed by atoms with E-state index in [0.717, 1.165) is 49.4 Å². The fourth-order valence-electron chi connectivity index (χ4n) is 8.14. The average Bonchev–Trinajstić information content (AvgIpc) is 3.44. The molecule has 238 valence electrons. The topological polar surface area (TPSA) is 42.3 Å². The summed E-state index contributed by atoms with van der Waals surface area (Å²) in [5.41, 5.74) is 9.92. The third-order valence-corrected chi connectivity index (χ3v) is 12.2. The highest BCUT2D eigenvalue weighted by Gasteiger charge is 2.37. The molecule has 0 spiro atoms. The number of para-hydroxylation sites is 4. The minimum absolute atomic E-state index is 0.157. The second-order valence-electron chi connectivity index (χ2n) is 13.4. The van der Waals surface area contributed by atoms with Gasteiger partial charge in [0.05, 0.1) is 37.9 Å². The second-order valence-corrected chi connectivity index (χ2v) is 15.3. The SMILES string of the molecule is Cn1c2c(-c3cccc4cccc(S(=O)(=O)c5ccccc5)c34)cccc2c2cccc(N3c4ccccc4C(C)(C)c4ccccc43)c21. The molecule has 0 saturated heterocycles. The molecule has 5 heteroatoms. The third kappa shape index (κ3) is 4.19. The number of anilines is 3. The lowest BCUT2D eigenvalue weighted by molar-refractivity contribution is 0.597. The van der Waals surface area contributed by atoms with Crippen LogP contribution in [-0.2, 0) is 22.3 Å². The van der Waals surface area contributed by atoms with Crippen molar-refractivity contribution < 1.29 is 8.42 Å². The van der Waals surface area contributed by atoms with E-state index >= 15 is 0 Å². The Morgan fingerprint density at radius 2 is 1.04 bits per heavy atom. The molecule has 0 bridgehead atoms. The van der Waals surface area contributed by atoms with Crippen LogP contribution in [-0.4, -0.2) is 13.0 Å². The van der Waals surface area contributed by atoms with Crippen LogP contribution < -0.4 is 4.90 Å². The van der Waals surface area contributed by atoms with Crippen LogP contribution >= 0.6 is 0 Å². The summed E-state index contributed by atoms with van der Waals surface area (Å²) in [6.45, 7) is 4.62. The largest absolute Gasteiger partial charge is 0.341 e. The average molecular weight is 655 g/mol. The molecule has 7 aromatic carbocycles. The fraction of sp³-hybridized carbons (Fsp3) is 0.0909. The number of hydrogen-bond acceptors (Lipinski definition) is 3. The highest BCUT2D eigenvalue weighted by atomic mass is 32.2. The number of nitrogens with zero attached hydrogens (tertiary/aromatic N) is 2. The van der Waals surface area contributed by atoms with Crippen LogP contribution in [0.2, 0.25) is 0 Å². The highest BCUT2D eigenvalue weighted by molar-refractivity contribution is 7.91. The minimum Gasteiger partial charge on any atom is -0.341 e. The Morgan fingerprint density at radius 3 is 1.73 bits per heavy atom. The molecule has 1 aromatic heterocycles. The second kappa shape index (κ2) is 10.7. The van der Waals surface area contributed by atoms with Crippen LogP contribution in [0.4, 0.5) is 17.1 Å². The van der Waals surface area contributed by atoms with E-state index in [1.807, 2.05) is 30.3 Å². The monoisotopic (exact) mass is 654 g/mol. The van der Waals surface area contributed by atoms with Gasteiger partial charge in [0.25, 0.3) is 0 Å². The van der Waals surface area contributed by atoms with Crippen LogP contribution in [0, 0.1) is 0 Å². The van der Waals surface area contributed by atoms with Crippen molar-refractivity contribution in [3.05, 3.63) is 163 Å². The van der Waals surface area contributed by atoms with Gasteiger partial charge < -0.3 is 9.47 Å². The van der Waals surface area contributed by atoms with Crippen molar-refractivity contribution in [3.8, 4) is 11.1 Å². The maximum Gasteiger partial charge on any atom is 0.207 e. The lowest BCUT2D eigenvalue weighted by atomic mass is 9.73. The van der Waals surface area contributed by atoms with Gasteiger partial charge in [0.15, 0.2) is 0 Å². The summed E-state index contributed by atoms with van der Waals surface area (Å²) in [6.07, 6.45) is 0. The zero-order chi connectivity index (χ0) is 33.5. The number of benzene rings is 7. The van der Waals surface area contributed by atoms with E-state index < -0.39 is 9.84 Å². The van der Waals surface area contributed by atoms with Gasteiger partial charge in [-0.1, -0.05) is 129 Å². The van der Waals surface area contributed by atoms with Crippen LogP contribution in [0.15, 0.2) is 161 Å². The standard InChI is InChI=1S/C44H34N2O2S/c1-44(2)35-23-7-9-25-37(35)46(38-26-10-8-24-36(38)44)39-27-14-22-34-33-21-13-20-32(42(33)45(3)43(34)39)31-19-11-15-29-16-12-28-40(41(29)31)49(47,48)30-17-5-4-6-18-30/h4-28H,1-3H3. The summed E-state index contributed by atoms with van der Waals surface area (Å²) in [4.78, 5) is 3.02. The Labute approximate surface area is 286 Å². The first-order valence-electron chi connectivity index (χ1n) is 16.6. The molecule has 0 radical (unpaired) electrons. The highest BCUT2D eigenvalue weighted by Crippen LogP contribution is 2.53. The van der Waals surface area contributed by atoms with Crippen molar-refractivity contribution in [2.45, 2.75) is 29.1 Å². The van der Waals surface area contributed by atoms with Gasteiger partial charge in [0.1, 0.15) is 0 Å². The summed E-state index contributed by atoms with van der Waals surface area (Å²) in [7, 11) is -1.65. The smallest absolute Gasteiger partial charge is 0.207 e. The normalized spacial score (nSPS) is 13.9. The number of aryl methyl sites for hydroxylation is 1. The Kier molecular flexibility index (Phi) is 6.43. The van der Waals surface area contributed by atoms with Crippen molar-refractivity contribution in [1.82, 2.24) is 4.57 Å². The third-order valence-electron chi connectivity index (χ3n) is 10.4. The molecule has 0 unspecified atom stereocenters. The van der Waals surface area contributed by atoms with Gasteiger partial charge in [-0.2, -0.15) is 0 Å². The van der Waals surface area contributed by atoms with Gasteiger partial charge in [0.2, 0.25) is 9.84 Å². The maximum atomic E-state index is 14.2. The van der Waals surface area contributed by atoms with E-state index in [9.17, 15) is 8.42 Å². The molecule has 2 heterocycles. The fourth-order valence-corrected chi connectivity index (χ4v) is 9.67. The summed E-state index contributed by atoms with van der Waals surface area (Å²) in [5.74, 6) is 0. The number of hydrogen-bond donors (Lipinski definition) is 0. The van der Waals surface area contributed by atoms with E-state index in [2.05, 4.69) is 121 Å². The summed E-state index contributed by atoms with van der Waals surface area (Å²) in [6, 6.07) is 50.8. The molecule has 8 aromatic rings. The van der Waals surface area contributed by atoms with E-state index in [-0.39, 0.29) is 10.3 Å². The van der Waals surface area contributed by atoms with Crippen LogP contribution in [0.25, 0.3) is 43.7 Å². The number of sulfone groups is 1. The number of aromatic nitrogens is 1. The Balaban J connectivity index is 1.34. The molecular formula is C44H34N2O2S. The van der Waals surface area contributed by atoms with E-state index in [4.69, 9.17) is 0 Å². The predicted molar refractivity (Wildman–Crippen MR) is 202 cm³/mol. The zero-order valence-corrected chi connectivity index (χ0v) is 28.4. The molecule has 0 N–H and O–H groups in total. The number of rotatable bonds is 4. The zero-order valence-electron chi connectivity index (χ0n) is 27.6. The van der Waals surface area contributed by atoms with Gasteiger partial charge >= 0.3 is 0 Å². The first-order chi connectivity index (χ1) is 23.8. The lowest BCUT2D eigenvalue weighted by Gasteiger charge is -2.42. The molecular weight excluding hydrogens is 621 g/mol. The van der Waals surface area contributed by atoms with Gasteiger partial charge in [-0.25, -0.2) is 8.42 Å². The van der Waals surface area contributed by atoms with Gasteiger partial charge in [0, 0.05) is 34.2 Å². The maximum absolute atomic E-state index is 14.2. The van der Waals surface area contributed by atoms with Crippen LogP contribution in [0.5, 0.6) is 0 Å². The van der Waals surface area contributed by atoms with Crippen LogP contribution in [0.3, 0.4) is 0 Å². The minimum atomic E-state index is -3.79. The van der Waals surface area contributed by atoms with E-state index in [0.29, 0.717) is 4.90 Å². The van der Waals surface area contributed by atoms with Gasteiger partial charge in [-0.05, 0) is 58.5 Å². The molecule has 0 amide bonds. The quantitative estimate of drug-likeness (QED) is 0.190. The Bertz CT molecular complexity index is 2670. The van der Waals surface area contributed by atoms with Crippen molar-refractivity contribution in [2.24, 2.45) is 7.05 Å². The molecule has 4 nitrogen and oxygen atoms in total. The van der Waals surface area contributed by atoms with Crippen molar-refractivity contribution in [3.63, 3.8) is 0 Å². The molecule has 1 aliphatic heterocycles. The Hall–Kier alpha value is -5.65. The summed E-state index contributed by atoms with van der Waals surface area (Å²) < 4.78 is 30.6. The Morgan fingerprint density at radius 1 is 0.510 bits per heavy atom. The van der Waals surface area contributed by atoms with Crippen LogP contribution in [0.1, 0.15) is 25.0 Å². The molecule has 0 atom stereocenters. The number of fused-ring (bicyclic) bond motifs is 6. The van der Waals surface area contributed by atoms with E-state index in [1.165, 1.54) is 22.5 Å². The molecule has 1 aliphatic rings. The molecule has 9 rings (SSSR count). The molecule has 0 saturated carbocycles. The van der Waals surface area contributed by atoms with E-state index in [1.54, 1.807) is 30.3 Å². The first kappa shape index (κ1) is 29.5. The summed E-state index contributed by atoms with van der Waals surface area (Å²) in [5, 5.41) is 3.88. The first-order valence-corrected chi connectivity index (χ1v) is 18.1. The lowest BCUT2D eigenvalue weighted by Crippen LogP contribution is -2.30. The van der Waals surface area contributed by atoms with Crippen molar-refractivity contribution in [1.29, 1.82) is 0 Å².